The van der Waals surface area contributed by atoms with E-state index in [2.05, 4.69) is 139 Å². The molecule has 0 unspecified atom stereocenters. The minimum atomic E-state index is 0.562. The van der Waals surface area contributed by atoms with Crippen molar-refractivity contribution < 1.29 is 22.7 Å². The third-order valence-electron chi connectivity index (χ3n) is 10.1. The van der Waals surface area contributed by atoms with Crippen molar-refractivity contribution in [2.75, 3.05) is 0 Å². The molecule has 0 aliphatic carbocycles. The quantitative estimate of drug-likeness (QED) is 0.0483. The number of unbranched alkanes of at least 4 members (excludes halogenated alkanes) is 8. The van der Waals surface area contributed by atoms with Crippen molar-refractivity contribution in [1.29, 1.82) is 0 Å². The van der Waals surface area contributed by atoms with Gasteiger partial charge in [0.2, 0.25) is 11.4 Å². The van der Waals surface area contributed by atoms with Crippen LogP contribution in [0.3, 0.4) is 0 Å². The molecular weight excluding hydrogens is 735 g/mol. The van der Waals surface area contributed by atoms with Crippen LogP contribution in [0.25, 0.3) is 16.9 Å². The summed E-state index contributed by atoms with van der Waals surface area (Å²) in [5, 5.41) is 0. The van der Waals surface area contributed by atoms with Crippen LogP contribution in [-0.4, -0.2) is 4.70 Å². The second kappa shape index (κ2) is 23.4. The molecule has 286 valence electrons. The summed E-state index contributed by atoms with van der Waals surface area (Å²) in [6.07, 6.45) is 19.1. The van der Waals surface area contributed by atoms with E-state index in [1.165, 1.54) is 92.8 Å². The number of rotatable bonds is 20. The molecule has 0 radical (unpaired) electrons. The summed E-state index contributed by atoms with van der Waals surface area (Å²) >= 11 is 0.562. The first kappa shape index (κ1) is 42.4. The topological polar surface area (TPSA) is 25.3 Å². The average Bonchev–Trinajstić information content (AvgIpc) is 3.45. The molecule has 1 heterocycles. The molecule has 0 fully saturated rings. The maximum atomic E-state index is 11.9. The summed E-state index contributed by atoms with van der Waals surface area (Å²) in [6.45, 7) is 13.3. The maximum absolute atomic E-state index is 11.9. The summed E-state index contributed by atoms with van der Waals surface area (Å²) in [4.78, 5) is 0. The van der Waals surface area contributed by atoms with Gasteiger partial charge in [0, 0.05) is 22.3 Å². The standard InChI is InChI=1S/C36H52N2.2C7H7.Pd/c1-5-9-13-15-19-29-21-17-23-31(27-29)35-33(25-11-7-3)34(26-12-8-4)36(38(35)37)32-24-18-22-30(28-32)20-16-14-10-6-2;2*1-7-5-3-2-4-6-7;/h17-18,21-24,27-28H,5-16,19-20,25-26H2,1-4H3;2*3-6H,1H3;. The summed E-state index contributed by atoms with van der Waals surface area (Å²) in [5.41, 5.74) is 24.4. The molecule has 0 amide bonds. The van der Waals surface area contributed by atoms with Crippen LogP contribution in [0.15, 0.2) is 108 Å². The van der Waals surface area contributed by atoms with Crippen molar-refractivity contribution in [3.05, 3.63) is 147 Å². The van der Waals surface area contributed by atoms with Gasteiger partial charge in [0.25, 0.3) is 0 Å². The summed E-state index contributed by atoms with van der Waals surface area (Å²) in [7, 11) is 0. The second-order valence-corrected chi connectivity index (χ2v) is 17.0. The SMILES string of the molecule is CCCCCCc1cccc(C2=C(CCCC)C(CCCC)=C(c3cccc(CCCCCC)c3)[N+]2=[N-])c1.Cc1cc[c]([Pd][c]2ccc(C)cc2)cc1. The van der Waals surface area contributed by atoms with E-state index in [4.69, 9.17) is 0 Å². The monoisotopic (exact) mass is 800 g/mol. The first-order valence-corrected chi connectivity index (χ1v) is 22.3. The van der Waals surface area contributed by atoms with E-state index in [1.54, 1.807) is 4.70 Å². The van der Waals surface area contributed by atoms with Crippen molar-refractivity contribution >= 4 is 19.5 Å². The van der Waals surface area contributed by atoms with Crippen molar-refractivity contribution in [3.63, 3.8) is 0 Å². The van der Waals surface area contributed by atoms with Gasteiger partial charge in [-0.25, -0.2) is 4.70 Å². The Bertz CT molecular complexity index is 1630. The van der Waals surface area contributed by atoms with Crippen LogP contribution in [0, 0.1) is 13.8 Å². The van der Waals surface area contributed by atoms with E-state index in [0.29, 0.717) is 18.0 Å². The molecule has 0 bridgehead atoms. The van der Waals surface area contributed by atoms with Crippen LogP contribution in [-0.2, 0) is 30.8 Å². The average molecular weight is 802 g/mol. The first-order chi connectivity index (χ1) is 25.9. The number of allylic oxidation sites excluding steroid dienone is 2. The van der Waals surface area contributed by atoms with Gasteiger partial charge >= 0.3 is 99.6 Å². The Hall–Kier alpha value is -3.38. The molecule has 1 aliphatic heterocycles. The van der Waals surface area contributed by atoms with Crippen molar-refractivity contribution in [2.45, 2.75) is 144 Å². The fraction of sp³-hybridized carbons (Fsp3) is 0.440. The van der Waals surface area contributed by atoms with Gasteiger partial charge in [-0.3, -0.25) is 0 Å². The van der Waals surface area contributed by atoms with E-state index in [9.17, 15) is 5.53 Å². The predicted molar refractivity (Wildman–Crippen MR) is 227 cm³/mol. The van der Waals surface area contributed by atoms with E-state index >= 15 is 0 Å². The number of benzene rings is 4. The van der Waals surface area contributed by atoms with E-state index < -0.39 is 0 Å². The molecule has 0 spiro atoms. The molecule has 2 nitrogen and oxygen atoms in total. The molecule has 5 rings (SSSR count). The number of hydrogen-bond donors (Lipinski definition) is 0. The normalized spacial score (nSPS) is 12.8. The Kier molecular flexibility index (Phi) is 18.7. The molecule has 0 saturated heterocycles. The van der Waals surface area contributed by atoms with Gasteiger partial charge in [0.1, 0.15) is 0 Å². The Morgan fingerprint density at radius 1 is 0.453 bits per heavy atom. The van der Waals surface area contributed by atoms with Gasteiger partial charge in [-0.1, -0.05) is 103 Å². The Morgan fingerprint density at radius 3 is 1.23 bits per heavy atom. The van der Waals surface area contributed by atoms with E-state index in [-0.39, 0.29) is 0 Å². The van der Waals surface area contributed by atoms with E-state index in [1.807, 2.05) is 0 Å². The molecule has 3 heteroatoms. The van der Waals surface area contributed by atoms with Crippen LogP contribution in [0.1, 0.15) is 151 Å². The third-order valence-corrected chi connectivity index (χ3v) is 12.1. The Morgan fingerprint density at radius 2 is 0.849 bits per heavy atom. The van der Waals surface area contributed by atoms with Gasteiger partial charge < -0.3 is 5.53 Å². The predicted octanol–water partition coefficient (Wildman–Crippen LogP) is 13.8. The van der Waals surface area contributed by atoms with Gasteiger partial charge in [-0.2, -0.15) is 0 Å². The second-order valence-electron chi connectivity index (χ2n) is 14.8. The van der Waals surface area contributed by atoms with Gasteiger partial charge in [0.15, 0.2) is 0 Å². The van der Waals surface area contributed by atoms with Crippen molar-refractivity contribution in [1.82, 2.24) is 0 Å². The minimum absolute atomic E-state index is 0.562. The van der Waals surface area contributed by atoms with Crippen molar-refractivity contribution in [2.24, 2.45) is 0 Å². The Balaban J connectivity index is 0.000000346. The molecular formula is C50H66N2Pd. The van der Waals surface area contributed by atoms with Gasteiger partial charge in [-0.15, -0.1) is 0 Å². The molecule has 0 atom stereocenters. The number of hydrogen-bond acceptors (Lipinski definition) is 0. The third kappa shape index (κ3) is 13.5. The summed E-state index contributed by atoms with van der Waals surface area (Å²) < 4.78 is 4.42. The molecule has 4 aromatic rings. The molecule has 4 aromatic carbocycles. The number of nitrogens with zero attached hydrogens (tertiary/aromatic N) is 2. The molecule has 1 aliphatic rings. The van der Waals surface area contributed by atoms with Gasteiger partial charge in [-0.05, 0) is 86.8 Å². The zero-order valence-corrected chi connectivity index (χ0v) is 35.3. The van der Waals surface area contributed by atoms with Crippen LogP contribution >= 0.6 is 0 Å². The fourth-order valence-electron chi connectivity index (χ4n) is 7.01. The molecule has 0 aromatic heterocycles. The first-order valence-electron chi connectivity index (χ1n) is 20.7. The molecule has 53 heavy (non-hydrogen) atoms. The van der Waals surface area contributed by atoms with Crippen LogP contribution in [0.5, 0.6) is 0 Å². The van der Waals surface area contributed by atoms with Gasteiger partial charge in [0.05, 0.1) is 0 Å². The van der Waals surface area contributed by atoms with Crippen LogP contribution in [0.4, 0.5) is 0 Å². The van der Waals surface area contributed by atoms with E-state index in [0.717, 1.165) is 73.9 Å². The summed E-state index contributed by atoms with van der Waals surface area (Å²) in [6, 6.07) is 35.6. The van der Waals surface area contributed by atoms with Crippen molar-refractivity contribution in [3.8, 4) is 0 Å². The fourth-order valence-corrected chi connectivity index (χ4v) is 8.56. The molecule has 0 N–H and O–H groups in total. The number of aryl methyl sites for hydroxylation is 4. The zero-order valence-electron chi connectivity index (χ0n) is 33.8. The zero-order chi connectivity index (χ0) is 37.8. The van der Waals surface area contributed by atoms with Crippen LogP contribution < -0.4 is 8.07 Å². The molecule has 0 saturated carbocycles. The Labute approximate surface area is 331 Å². The van der Waals surface area contributed by atoms with Crippen LogP contribution in [0.2, 0.25) is 0 Å². The summed E-state index contributed by atoms with van der Waals surface area (Å²) in [5.74, 6) is 0.